The van der Waals surface area contributed by atoms with Gasteiger partial charge in [0.25, 0.3) is 11.8 Å². The number of carbonyl (C=O) groups excluding carboxylic acids is 3. The number of nitrogens with two attached hydrogens (primary N) is 1. The van der Waals surface area contributed by atoms with Crippen LogP contribution in [0.4, 0.5) is 17.5 Å². The van der Waals surface area contributed by atoms with Crippen LogP contribution in [-0.2, 0) is 0 Å². The monoisotopic (exact) mass is 482 g/mol. The number of anilines is 3. The lowest BCUT2D eigenvalue weighted by molar-refractivity contribution is 0.0652. The number of rotatable bonds is 9. The van der Waals surface area contributed by atoms with E-state index in [4.69, 9.17) is 5.73 Å². The van der Waals surface area contributed by atoms with Crippen molar-refractivity contribution in [2.24, 2.45) is 5.73 Å². The van der Waals surface area contributed by atoms with Crippen LogP contribution in [0.25, 0.3) is 0 Å². The molecule has 1 aliphatic rings. The smallest absolute Gasteiger partial charge is 0.261 e. The minimum atomic E-state index is -0.490. The Hall–Kier alpha value is -4.71. The van der Waals surface area contributed by atoms with E-state index < -0.39 is 5.91 Å². The number of benzene rings is 2. The van der Waals surface area contributed by atoms with Crippen molar-refractivity contribution < 1.29 is 14.4 Å². The molecule has 2 aromatic carbocycles. The normalized spacial score (nSPS) is 12.1. The summed E-state index contributed by atoms with van der Waals surface area (Å²) in [5.74, 6) is 6.18. The lowest BCUT2D eigenvalue weighted by Crippen LogP contribution is -2.30. The highest BCUT2D eigenvalue weighted by atomic mass is 16.2. The predicted octanol–water partition coefficient (Wildman–Crippen LogP) is 3.57. The second-order valence-corrected chi connectivity index (χ2v) is 8.16. The van der Waals surface area contributed by atoms with E-state index in [9.17, 15) is 14.4 Å². The first-order chi connectivity index (χ1) is 17.5. The molecule has 0 atom stereocenters. The fourth-order valence-electron chi connectivity index (χ4n) is 3.68. The number of nitrogens with zero attached hydrogens (tertiary/aromatic N) is 3. The molecule has 0 saturated carbocycles. The molecular weight excluding hydrogens is 456 g/mol. The van der Waals surface area contributed by atoms with E-state index >= 15 is 0 Å². The Morgan fingerprint density at radius 3 is 2.39 bits per heavy atom. The standard InChI is InChI=1S/C27H26N6O3/c1-2-15-29-24-19(17-30-27(32-24)31-20-13-11-18(12-14-20)23(28)34)8-4-3-7-16-33-25(35)21-9-5-6-10-22(21)26(33)36/h5-6,9-14,17H,2-3,7,15-16H2,1H3,(H2,28,34)(H2,29,30,31,32). The summed E-state index contributed by atoms with van der Waals surface area (Å²) in [7, 11) is 0. The fraction of sp³-hybridized carbons (Fsp3) is 0.222. The van der Waals surface area contributed by atoms with Crippen LogP contribution in [0.1, 0.15) is 62.8 Å². The number of amides is 3. The zero-order chi connectivity index (χ0) is 25.5. The second kappa shape index (κ2) is 11.1. The third-order valence-electron chi connectivity index (χ3n) is 5.54. The van der Waals surface area contributed by atoms with Crippen LogP contribution >= 0.6 is 0 Å². The van der Waals surface area contributed by atoms with Crippen molar-refractivity contribution in [2.75, 3.05) is 23.7 Å². The Bertz CT molecular complexity index is 1320. The molecule has 36 heavy (non-hydrogen) atoms. The third kappa shape index (κ3) is 5.50. The number of imide groups is 1. The number of primary amides is 1. The lowest BCUT2D eigenvalue weighted by atomic mass is 10.1. The van der Waals surface area contributed by atoms with Crippen molar-refractivity contribution in [3.8, 4) is 11.8 Å². The van der Waals surface area contributed by atoms with Gasteiger partial charge in [0.1, 0.15) is 5.82 Å². The van der Waals surface area contributed by atoms with Gasteiger partial charge in [-0.25, -0.2) is 4.98 Å². The molecule has 3 amide bonds. The summed E-state index contributed by atoms with van der Waals surface area (Å²) in [5.41, 5.74) is 7.97. The molecular formula is C27H26N6O3. The minimum Gasteiger partial charge on any atom is -0.369 e. The van der Waals surface area contributed by atoms with E-state index in [1.807, 2.05) is 0 Å². The number of fused-ring (bicyclic) bond motifs is 1. The van der Waals surface area contributed by atoms with Crippen LogP contribution < -0.4 is 16.4 Å². The van der Waals surface area contributed by atoms with Crippen molar-refractivity contribution in [1.82, 2.24) is 14.9 Å². The molecule has 3 aromatic rings. The van der Waals surface area contributed by atoms with Crippen LogP contribution in [0.3, 0.4) is 0 Å². The van der Waals surface area contributed by atoms with Crippen LogP contribution in [-0.4, -0.2) is 45.7 Å². The average Bonchev–Trinajstić information content (AvgIpc) is 3.13. The van der Waals surface area contributed by atoms with Crippen LogP contribution in [0.15, 0.2) is 54.7 Å². The van der Waals surface area contributed by atoms with Gasteiger partial charge in [-0.3, -0.25) is 19.3 Å². The Morgan fingerprint density at radius 2 is 1.75 bits per heavy atom. The van der Waals surface area contributed by atoms with Crippen molar-refractivity contribution in [2.45, 2.75) is 26.2 Å². The molecule has 9 nitrogen and oxygen atoms in total. The highest BCUT2D eigenvalue weighted by Gasteiger charge is 2.34. The van der Waals surface area contributed by atoms with Crippen molar-refractivity contribution in [3.05, 3.63) is 77.0 Å². The summed E-state index contributed by atoms with van der Waals surface area (Å²) in [6.45, 7) is 3.09. The predicted molar refractivity (Wildman–Crippen MR) is 137 cm³/mol. The maximum Gasteiger partial charge on any atom is 0.261 e. The molecule has 9 heteroatoms. The average molecular weight is 483 g/mol. The van der Waals surface area contributed by atoms with Gasteiger partial charge in [-0.2, -0.15) is 4.98 Å². The van der Waals surface area contributed by atoms with Gasteiger partial charge in [-0.1, -0.05) is 30.9 Å². The lowest BCUT2D eigenvalue weighted by Gasteiger charge is -2.12. The molecule has 2 heterocycles. The Kier molecular flexibility index (Phi) is 7.56. The van der Waals surface area contributed by atoms with E-state index in [-0.39, 0.29) is 11.8 Å². The molecule has 0 bridgehead atoms. The highest BCUT2D eigenvalue weighted by molar-refractivity contribution is 6.21. The highest BCUT2D eigenvalue weighted by Crippen LogP contribution is 2.23. The van der Waals surface area contributed by atoms with Gasteiger partial charge >= 0.3 is 0 Å². The maximum absolute atomic E-state index is 12.5. The first kappa shape index (κ1) is 24.4. The first-order valence-corrected chi connectivity index (χ1v) is 11.7. The second-order valence-electron chi connectivity index (χ2n) is 8.16. The number of unbranched alkanes of at least 4 members (excludes halogenated alkanes) is 1. The quantitative estimate of drug-likeness (QED) is 0.241. The summed E-state index contributed by atoms with van der Waals surface area (Å²) in [5, 5.41) is 6.37. The number of nitrogens with one attached hydrogen (secondary N) is 2. The largest absolute Gasteiger partial charge is 0.369 e. The maximum atomic E-state index is 12.5. The Balaban J connectivity index is 1.38. The summed E-state index contributed by atoms with van der Waals surface area (Å²) in [6.07, 6.45) is 3.63. The number of hydrogen-bond acceptors (Lipinski definition) is 7. The van der Waals surface area contributed by atoms with Gasteiger partial charge < -0.3 is 16.4 Å². The minimum absolute atomic E-state index is 0.254. The number of carbonyl (C=O) groups is 3. The summed E-state index contributed by atoms with van der Waals surface area (Å²) < 4.78 is 0. The number of hydrogen-bond donors (Lipinski definition) is 3. The Morgan fingerprint density at radius 1 is 1.06 bits per heavy atom. The molecule has 4 N–H and O–H groups in total. The summed E-state index contributed by atoms with van der Waals surface area (Å²) >= 11 is 0. The van der Waals surface area contributed by atoms with Crippen LogP contribution in [0.2, 0.25) is 0 Å². The topological polar surface area (TPSA) is 130 Å². The molecule has 0 fully saturated rings. The van der Waals surface area contributed by atoms with Gasteiger partial charge in [0.2, 0.25) is 11.9 Å². The first-order valence-electron chi connectivity index (χ1n) is 11.7. The molecule has 1 aliphatic heterocycles. The molecule has 0 spiro atoms. The van der Waals surface area contributed by atoms with E-state index in [1.54, 1.807) is 54.7 Å². The van der Waals surface area contributed by atoms with E-state index in [0.717, 1.165) is 13.0 Å². The van der Waals surface area contributed by atoms with Crippen molar-refractivity contribution >= 4 is 35.2 Å². The van der Waals surface area contributed by atoms with E-state index in [0.29, 0.717) is 59.1 Å². The fourth-order valence-corrected chi connectivity index (χ4v) is 3.68. The van der Waals surface area contributed by atoms with Crippen molar-refractivity contribution in [3.63, 3.8) is 0 Å². The summed E-state index contributed by atoms with van der Waals surface area (Å²) in [6, 6.07) is 13.6. The molecule has 0 unspecified atom stereocenters. The molecule has 0 saturated heterocycles. The van der Waals surface area contributed by atoms with Gasteiger partial charge in [-0.15, -0.1) is 0 Å². The van der Waals surface area contributed by atoms with Crippen LogP contribution in [0.5, 0.6) is 0 Å². The van der Waals surface area contributed by atoms with Gasteiger partial charge in [0.05, 0.1) is 22.9 Å². The van der Waals surface area contributed by atoms with Gasteiger partial charge in [0.15, 0.2) is 0 Å². The van der Waals surface area contributed by atoms with Crippen LogP contribution in [0, 0.1) is 11.8 Å². The molecule has 182 valence electrons. The van der Waals surface area contributed by atoms with Crippen molar-refractivity contribution in [1.29, 1.82) is 0 Å². The van der Waals surface area contributed by atoms with Gasteiger partial charge in [-0.05, 0) is 49.2 Å². The van der Waals surface area contributed by atoms with E-state index in [2.05, 4.69) is 39.4 Å². The van der Waals surface area contributed by atoms with Gasteiger partial charge in [0, 0.05) is 30.8 Å². The summed E-state index contributed by atoms with van der Waals surface area (Å²) in [4.78, 5) is 46.3. The number of aromatic nitrogens is 2. The van der Waals surface area contributed by atoms with E-state index in [1.165, 1.54) is 4.90 Å². The molecule has 0 aliphatic carbocycles. The SMILES string of the molecule is CCCNc1nc(Nc2ccc(C(N)=O)cc2)ncc1C#CCCCN1C(=O)c2ccccc2C1=O. The zero-order valence-corrected chi connectivity index (χ0v) is 19.9. The third-order valence-corrected chi connectivity index (χ3v) is 5.54. The Labute approximate surface area is 209 Å². The zero-order valence-electron chi connectivity index (χ0n) is 19.9. The molecule has 4 rings (SSSR count). The molecule has 0 radical (unpaired) electrons. The molecule has 1 aromatic heterocycles.